The third-order valence-electron chi connectivity index (χ3n) is 2.09. The Morgan fingerprint density at radius 1 is 1.38 bits per heavy atom. The number of anilines is 1. The first-order valence-electron chi connectivity index (χ1n) is 5.14. The van der Waals surface area contributed by atoms with Crippen molar-refractivity contribution >= 4 is 5.82 Å². The lowest BCUT2D eigenvalue weighted by molar-refractivity contribution is 0.143. The van der Waals surface area contributed by atoms with Crippen LogP contribution in [0.5, 0.6) is 5.88 Å². The largest absolute Gasteiger partial charge is 0.475 e. The van der Waals surface area contributed by atoms with Gasteiger partial charge in [0, 0.05) is 7.11 Å². The van der Waals surface area contributed by atoms with Gasteiger partial charge in [0.25, 0.3) is 0 Å². The van der Waals surface area contributed by atoms with E-state index in [1.165, 1.54) is 6.33 Å². The first kappa shape index (κ1) is 12.7. The molecule has 6 nitrogen and oxygen atoms in total. The molecule has 0 aliphatic carbocycles. The zero-order valence-corrected chi connectivity index (χ0v) is 9.86. The van der Waals surface area contributed by atoms with Crippen LogP contribution in [-0.4, -0.2) is 30.3 Å². The smallest absolute Gasteiger partial charge is 0.222 e. The monoisotopic (exact) mass is 226 g/mol. The highest BCUT2D eigenvalue weighted by atomic mass is 16.5. The van der Waals surface area contributed by atoms with Crippen LogP contribution in [0.15, 0.2) is 6.33 Å². The van der Waals surface area contributed by atoms with Crippen LogP contribution in [0.2, 0.25) is 0 Å². The molecule has 3 N–H and O–H groups in total. The maximum Gasteiger partial charge on any atom is 0.222 e. The molecule has 1 aromatic heterocycles. The Morgan fingerprint density at radius 2 is 2.12 bits per heavy atom. The summed E-state index contributed by atoms with van der Waals surface area (Å²) in [5.41, 5.74) is 3.42. The number of nitrogen functional groups attached to an aromatic ring is 1. The SMILES string of the molecule is COCCOc1ncnc(NN)c1C(C)C. The van der Waals surface area contributed by atoms with Gasteiger partial charge in [0.15, 0.2) is 5.82 Å². The molecular weight excluding hydrogens is 208 g/mol. The van der Waals surface area contributed by atoms with E-state index in [0.717, 1.165) is 5.56 Å². The molecule has 0 atom stereocenters. The van der Waals surface area contributed by atoms with Crippen molar-refractivity contribution in [1.82, 2.24) is 9.97 Å². The Labute approximate surface area is 95.1 Å². The average Bonchev–Trinajstić information content (AvgIpc) is 2.28. The highest BCUT2D eigenvalue weighted by molar-refractivity contribution is 5.49. The summed E-state index contributed by atoms with van der Waals surface area (Å²) in [5.74, 6) is 6.76. The van der Waals surface area contributed by atoms with Crippen LogP contribution < -0.4 is 16.0 Å². The van der Waals surface area contributed by atoms with Gasteiger partial charge in [-0.1, -0.05) is 13.8 Å². The van der Waals surface area contributed by atoms with Crippen molar-refractivity contribution in [3.8, 4) is 5.88 Å². The number of hydrogen-bond donors (Lipinski definition) is 2. The summed E-state index contributed by atoms with van der Waals surface area (Å²) in [4.78, 5) is 8.14. The fraction of sp³-hybridized carbons (Fsp3) is 0.600. The average molecular weight is 226 g/mol. The maximum absolute atomic E-state index is 5.51. The highest BCUT2D eigenvalue weighted by Gasteiger charge is 2.15. The molecule has 0 saturated carbocycles. The number of rotatable bonds is 6. The van der Waals surface area contributed by atoms with Crippen LogP contribution in [0.25, 0.3) is 0 Å². The molecule has 0 amide bonds. The minimum atomic E-state index is 0.227. The molecule has 1 heterocycles. The highest BCUT2D eigenvalue weighted by Crippen LogP contribution is 2.29. The van der Waals surface area contributed by atoms with Gasteiger partial charge in [-0.3, -0.25) is 0 Å². The molecule has 0 fully saturated rings. The Hall–Kier alpha value is -1.40. The summed E-state index contributed by atoms with van der Waals surface area (Å²) < 4.78 is 10.4. The molecule has 6 heteroatoms. The molecule has 0 aliphatic rings. The van der Waals surface area contributed by atoms with E-state index in [4.69, 9.17) is 15.3 Å². The molecule has 90 valence electrons. The molecule has 0 radical (unpaired) electrons. The van der Waals surface area contributed by atoms with Gasteiger partial charge in [0.05, 0.1) is 12.2 Å². The second kappa shape index (κ2) is 6.24. The molecule has 0 bridgehead atoms. The third-order valence-corrected chi connectivity index (χ3v) is 2.09. The quantitative estimate of drug-likeness (QED) is 0.426. The Balaban J connectivity index is 2.89. The number of ether oxygens (including phenoxy) is 2. The van der Waals surface area contributed by atoms with Gasteiger partial charge in [-0.2, -0.15) is 0 Å². The fourth-order valence-electron chi connectivity index (χ4n) is 1.35. The lowest BCUT2D eigenvalue weighted by Gasteiger charge is -2.15. The first-order valence-corrected chi connectivity index (χ1v) is 5.14. The zero-order chi connectivity index (χ0) is 12.0. The third kappa shape index (κ3) is 3.04. The van der Waals surface area contributed by atoms with Gasteiger partial charge in [-0.05, 0) is 5.92 Å². The zero-order valence-electron chi connectivity index (χ0n) is 9.86. The lowest BCUT2D eigenvalue weighted by Crippen LogP contribution is -2.15. The number of hydrazine groups is 1. The fourth-order valence-corrected chi connectivity index (χ4v) is 1.35. The van der Waals surface area contributed by atoms with Crippen LogP contribution in [-0.2, 0) is 4.74 Å². The summed E-state index contributed by atoms with van der Waals surface area (Å²) >= 11 is 0. The van der Waals surface area contributed by atoms with Gasteiger partial charge in [0.1, 0.15) is 12.9 Å². The Kier molecular flexibility index (Phi) is 4.94. The number of nitrogens with zero attached hydrogens (tertiary/aromatic N) is 2. The van der Waals surface area contributed by atoms with Crippen LogP contribution in [0.4, 0.5) is 5.82 Å². The van der Waals surface area contributed by atoms with Gasteiger partial charge < -0.3 is 14.9 Å². The van der Waals surface area contributed by atoms with E-state index in [1.807, 2.05) is 13.8 Å². The van der Waals surface area contributed by atoms with Crippen LogP contribution in [0.3, 0.4) is 0 Å². The molecule has 0 spiro atoms. The van der Waals surface area contributed by atoms with Crippen molar-refractivity contribution in [2.45, 2.75) is 19.8 Å². The van der Waals surface area contributed by atoms with Gasteiger partial charge in [-0.15, -0.1) is 0 Å². The summed E-state index contributed by atoms with van der Waals surface area (Å²) in [6, 6.07) is 0. The Bertz CT molecular complexity index is 331. The minimum absolute atomic E-state index is 0.227. The predicted octanol–water partition coefficient (Wildman–Crippen LogP) is 0.911. The minimum Gasteiger partial charge on any atom is -0.475 e. The number of nitrogens with two attached hydrogens (primary N) is 1. The van der Waals surface area contributed by atoms with E-state index < -0.39 is 0 Å². The van der Waals surface area contributed by atoms with E-state index in [2.05, 4.69) is 15.4 Å². The van der Waals surface area contributed by atoms with E-state index >= 15 is 0 Å². The molecule has 0 unspecified atom stereocenters. The standard InChI is InChI=1S/C10H18N4O2/c1-7(2)8-9(14-11)12-6-13-10(8)16-5-4-15-3/h6-7H,4-5,11H2,1-3H3,(H,12,13,14). The summed E-state index contributed by atoms with van der Waals surface area (Å²) in [5, 5.41) is 0. The van der Waals surface area contributed by atoms with E-state index in [1.54, 1.807) is 7.11 Å². The van der Waals surface area contributed by atoms with Crippen LogP contribution >= 0.6 is 0 Å². The number of methoxy groups -OCH3 is 1. The molecule has 0 aliphatic heterocycles. The van der Waals surface area contributed by atoms with Crippen molar-refractivity contribution in [1.29, 1.82) is 0 Å². The van der Waals surface area contributed by atoms with Crippen molar-refractivity contribution in [3.05, 3.63) is 11.9 Å². The molecule has 1 aromatic rings. The molecule has 16 heavy (non-hydrogen) atoms. The van der Waals surface area contributed by atoms with Crippen molar-refractivity contribution in [2.24, 2.45) is 5.84 Å². The Morgan fingerprint density at radius 3 is 2.69 bits per heavy atom. The number of hydrogen-bond acceptors (Lipinski definition) is 6. The summed E-state index contributed by atoms with van der Waals surface area (Å²) in [6.07, 6.45) is 1.42. The van der Waals surface area contributed by atoms with Gasteiger partial charge >= 0.3 is 0 Å². The molecule has 0 saturated heterocycles. The van der Waals surface area contributed by atoms with Crippen LogP contribution in [0, 0.1) is 0 Å². The topological polar surface area (TPSA) is 82.3 Å². The van der Waals surface area contributed by atoms with Gasteiger partial charge in [0.2, 0.25) is 5.88 Å². The summed E-state index contributed by atoms with van der Waals surface area (Å²) in [7, 11) is 1.62. The second-order valence-electron chi connectivity index (χ2n) is 3.58. The number of aromatic nitrogens is 2. The maximum atomic E-state index is 5.51. The van der Waals surface area contributed by atoms with Crippen LogP contribution in [0.1, 0.15) is 25.3 Å². The normalized spacial score (nSPS) is 10.6. The lowest BCUT2D eigenvalue weighted by atomic mass is 10.1. The van der Waals surface area contributed by atoms with Crippen molar-refractivity contribution in [2.75, 3.05) is 25.7 Å². The van der Waals surface area contributed by atoms with E-state index in [0.29, 0.717) is 24.9 Å². The molecule has 0 aromatic carbocycles. The van der Waals surface area contributed by atoms with E-state index in [-0.39, 0.29) is 5.92 Å². The predicted molar refractivity (Wildman–Crippen MR) is 61.3 cm³/mol. The van der Waals surface area contributed by atoms with Gasteiger partial charge in [-0.25, -0.2) is 15.8 Å². The number of nitrogens with one attached hydrogen (secondary N) is 1. The molecular formula is C10H18N4O2. The van der Waals surface area contributed by atoms with Crippen molar-refractivity contribution in [3.63, 3.8) is 0 Å². The summed E-state index contributed by atoms with van der Waals surface area (Å²) in [6.45, 7) is 5.04. The second-order valence-corrected chi connectivity index (χ2v) is 3.58. The van der Waals surface area contributed by atoms with Crippen molar-refractivity contribution < 1.29 is 9.47 Å². The molecule has 1 rings (SSSR count). The first-order chi connectivity index (χ1) is 7.70. The van der Waals surface area contributed by atoms with E-state index in [9.17, 15) is 0 Å².